The van der Waals surface area contributed by atoms with Crippen LogP contribution in [0.2, 0.25) is 5.02 Å². The Morgan fingerprint density at radius 3 is 2.58 bits per heavy atom. The first-order valence-corrected chi connectivity index (χ1v) is 12.0. The molecule has 1 unspecified atom stereocenters. The number of thioether (sulfide) groups is 1. The molecule has 0 aliphatic rings. The van der Waals surface area contributed by atoms with Crippen LogP contribution in [0.25, 0.3) is 0 Å². The van der Waals surface area contributed by atoms with Gasteiger partial charge in [-0.05, 0) is 49.1 Å². The van der Waals surface area contributed by atoms with Gasteiger partial charge in [0.2, 0.25) is 5.91 Å². The Labute approximate surface area is 203 Å². The Hall–Kier alpha value is -2.84. The Bertz CT molecular complexity index is 1130. The van der Waals surface area contributed by atoms with Crippen LogP contribution in [-0.4, -0.2) is 32.3 Å². The van der Waals surface area contributed by atoms with Crippen molar-refractivity contribution in [1.29, 1.82) is 0 Å². The summed E-state index contributed by atoms with van der Waals surface area (Å²) in [7, 11) is 1.84. The summed E-state index contributed by atoms with van der Waals surface area (Å²) in [6, 6.07) is 14.2. The van der Waals surface area contributed by atoms with Gasteiger partial charge in [-0.2, -0.15) is 0 Å². The van der Waals surface area contributed by atoms with E-state index in [2.05, 4.69) is 34.7 Å². The van der Waals surface area contributed by atoms with Crippen LogP contribution >= 0.6 is 23.4 Å². The van der Waals surface area contributed by atoms with Crippen LogP contribution in [0.3, 0.4) is 0 Å². The van der Waals surface area contributed by atoms with Crippen LogP contribution in [0, 0.1) is 12.8 Å². The van der Waals surface area contributed by atoms with E-state index in [1.165, 1.54) is 11.8 Å². The third-order valence-electron chi connectivity index (χ3n) is 4.95. The molecule has 0 bridgehead atoms. The molecule has 0 aliphatic heterocycles. The molecule has 3 rings (SSSR count). The van der Waals surface area contributed by atoms with Crippen molar-refractivity contribution in [2.45, 2.75) is 38.4 Å². The lowest BCUT2D eigenvalue weighted by molar-refractivity contribution is -0.113. The van der Waals surface area contributed by atoms with Crippen molar-refractivity contribution in [3.8, 4) is 0 Å². The zero-order valence-corrected chi connectivity index (χ0v) is 20.7. The summed E-state index contributed by atoms with van der Waals surface area (Å²) >= 11 is 7.49. The largest absolute Gasteiger partial charge is 0.342 e. The smallest absolute Gasteiger partial charge is 0.253 e. The number of nitrogens with one attached hydrogen (secondary N) is 2. The minimum atomic E-state index is -0.346. The minimum Gasteiger partial charge on any atom is -0.342 e. The standard InChI is InChI=1S/C24H28ClN5O2S/c1-15(2)12-20(27-23(32)18-10-5-6-11-19(18)25)22-28-29-24(30(22)4)33-14-21(31)26-17-9-7-8-16(3)13-17/h5-11,13,15,20H,12,14H2,1-4H3,(H,26,31)(H,27,32). The van der Waals surface area contributed by atoms with Gasteiger partial charge in [0, 0.05) is 12.7 Å². The number of hydrogen-bond donors (Lipinski definition) is 2. The fourth-order valence-corrected chi connectivity index (χ4v) is 4.33. The molecule has 33 heavy (non-hydrogen) atoms. The Kier molecular flexibility index (Phi) is 8.52. The van der Waals surface area contributed by atoms with Crippen molar-refractivity contribution in [1.82, 2.24) is 20.1 Å². The number of aromatic nitrogens is 3. The normalized spacial score (nSPS) is 11.9. The summed E-state index contributed by atoms with van der Waals surface area (Å²) in [4.78, 5) is 25.2. The molecule has 3 aromatic rings. The van der Waals surface area contributed by atoms with Crippen LogP contribution in [0.5, 0.6) is 0 Å². The lowest BCUT2D eigenvalue weighted by atomic mass is 10.0. The first-order valence-electron chi connectivity index (χ1n) is 10.7. The minimum absolute atomic E-state index is 0.124. The quantitative estimate of drug-likeness (QED) is 0.415. The summed E-state index contributed by atoms with van der Waals surface area (Å²) in [5.74, 6) is 0.753. The van der Waals surface area contributed by atoms with Gasteiger partial charge >= 0.3 is 0 Å². The van der Waals surface area contributed by atoms with Gasteiger partial charge in [0.25, 0.3) is 5.91 Å². The molecule has 0 saturated heterocycles. The van der Waals surface area contributed by atoms with E-state index in [4.69, 9.17) is 11.6 Å². The van der Waals surface area contributed by atoms with Gasteiger partial charge < -0.3 is 15.2 Å². The highest BCUT2D eigenvalue weighted by Gasteiger charge is 2.24. The Morgan fingerprint density at radius 1 is 1.12 bits per heavy atom. The van der Waals surface area contributed by atoms with E-state index in [1.54, 1.807) is 24.3 Å². The molecule has 2 N–H and O–H groups in total. The molecular formula is C24H28ClN5O2S. The van der Waals surface area contributed by atoms with Crippen molar-refractivity contribution in [2.75, 3.05) is 11.1 Å². The molecule has 0 spiro atoms. The van der Waals surface area contributed by atoms with Crippen LogP contribution < -0.4 is 10.6 Å². The third-order valence-corrected chi connectivity index (χ3v) is 6.30. The maximum absolute atomic E-state index is 12.9. The van der Waals surface area contributed by atoms with Crippen molar-refractivity contribution in [2.24, 2.45) is 13.0 Å². The van der Waals surface area contributed by atoms with Gasteiger partial charge in [0.1, 0.15) is 0 Å². The van der Waals surface area contributed by atoms with Gasteiger partial charge in [0.15, 0.2) is 11.0 Å². The van der Waals surface area contributed by atoms with Crippen molar-refractivity contribution >= 4 is 40.9 Å². The predicted molar refractivity (Wildman–Crippen MR) is 133 cm³/mol. The van der Waals surface area contributed by atoms with E-state index < -0.39 is 0 Å². The van der Waals surface area contributed by atoms with E-state index in [-0.39, 0.29) is 23.6 Å². The summed E-state index contributed by atoms with van der Waals surface area (Å²) in [5, 5.41) is 15.5. The van der Waals surface area contributed by atoms with Crippen LogP contribution in [-0.2, 0) is 11.8 Å². The van der Waals surface area contributed by atoms with Gasteiger partial charge in [-0.15, -0.1) is 10.2 Å². The molecule has 0 radical (unpaired) electrons. The van der Waals surface area contributed by atoms with E-state index in [1.807, 2.05) is 42.8 Å². The van der Waals surface area contributed by atoms with Crippen LogP contribution in [0.4, 0.5) is 5.69 Å². The van der Waals surface area contributed by atoms with Gasteiger partial charge in [-0.3, -0.25) is 9.59 Å². The van der Waals surface area contributed by atoms with Crippen molar-refractivity contribution in [3.63, 3.8) is 0 Å². The number of carbonyl (C=O) groups is 2. The number of benzene rings is 2. The molecule has 2 aromatic carbocycles. The summed E-state index contributed by atoms with van der Waals surface area (Å²) in [6.07, 6.45) is 0.681. The number of nitrogens with zero attached hydrogens (tertiary/aromatic N) is 3. The molecular weight excluding hydrogens is 458 g/mol. The molecule has 0 fully saturated rings. The van der Waals surface area contributed by atoms with E-state index >= 15 is 0 Å². The van der Waals surface area contributed by atoms with E-state index in [0.717, 1.165) is 11.3 Å². The second kappa shape index (κ2) is 11.3. The molecule has 1 heterocycles. The van der Waals surface area contributed by atoms with E-state index in [9.17, 15) is 9.59 Å². The molecule has 1 aromatic heterocycles. The fourth-order valence-electron chi connectivity index (χ4n) is 3.39. The third kappa shape index (κ3) is 6.82. The molecule has 2 amide bonds. The highest BCUT2D eigenvalue weighted by Crippen LogP contribution is 2.25. The Morgan fingerprint density at radius 2 is 1.88 bits per heavy atom. The molecule has 7 nitrogen and oxygen atoms in total. The number of halogens is 1. The highest BCUT2D eigenvalue weighted by molar-refractivity contribution is 7.99. The van der Waals surface area contributed by atoms with Crippen LogP contribution in [0.15, 0.2) is 53.7 Å². The first-order chi connectivity index (χ1) is 15.7. The molecule has 0 saturated carbocycles. The number of carbonyl (C=O) groups excluding carboxylic acids is 2. The molecule has 9 heteroatoms. The highest BCUT2D eigenvalue weighted by atomic mass is 35.5. The first kappa shape index (κ1) is 24.8. The second-order valence-corrected chi connectivity index (χ2v) is 9.59. The number of aryl methyl sites for hydroxylation is 1. The number of anilines is 1. The zero-order valence-electron chi connectivity index (χ0n) is 19.1. The monoisotopic (exact) mass is 485 g/mol. The van der Waals surface area contributed by atoms with Crippen molar-refractivity contribution in [3.05, 3.63) is 70.5 Å². The van der Waals surface area contributed by atoms with Gasteiger partial charge in [-0.1, -0.05) is 61.5 Å². The summed E-state index contributed by atoms with van der Waals surface area (Å²) < 4.78 is 1.82. The predicted octanol–water partition coefficient (Wildman–Crippen LogP) is 5.02. The lowest BCUT2D eigenvalue weighted by Crippen LogP contribution is -2.31. The summed E-state index contributed by atoms with van der Waals surface area (Å²) in [5.41, 5.74) is 2.25. The Balaban J connectivity index is 1.69. The number of amides is 2. The average Bonchev–Trinajstić information content (AvgIpc) is 3.12. The lowest BCUT2D eigenvalue weighted by Gasteiger charge is -2.20. The SMILES string of the molecule is Cc1cccc(NC(=O)CSc2nnc(C(CC(C)C)NC(=O)c3ccccc3Cl)n2C)c1. The number of hydrogen-bond acceptors (Lipinski definition) is 5. The summed E-state index contributed by atoms with van der Waals surface area (Å²) in [6.45, 7) is 6.14. The van der Waals surface area contributed by atoms with Crippen molar-refractivity contribution < 1.29 is 9.59 Å². The topological polar surface area (TPSA) is 88.9 Å². The maximum atomic E-state index is 12.9. The zero-order chi connectivity index (χ0) is 24.0. The van der Waals surface area contributed by atoms with E-state index in [0.29, 0.717) is 33.9 Å². The van der Waals surface area contributed by atoms with Crippen LogP contribution in [0.1, 0.15) is 48.1 Å². The van der Waals surface area contributed by atoms with Gasteiger partial charge in [-0.25, -0.2) is 0 Å². The number of rotatable bonds is 9. The fraction of sp³-hybridized carbons (Fsp3) is 0.333. The average molecular weight is 486 g/mol. The molecule has 1 atom stereocenters. The second-order valence-electron chi connectivity index (χ2n) is 8.24. The maximum Gasteiger partial charge on any atom is 0.253 e. The molecule has 174 valence electrons. The van der Waals surface area contributed by atoms with Gasteiger partial charge in [0.05, 0.1) is 22.4 Å². The molecule has 0 aliphatic carbocycles.